The molecule has 0 atom stereocenters. The summed E-state index contributed by atoms with van der Waals surface area (Å²) in [5.74, 6) is -1.44. The highest BCUT2D eigenvalue weighted by Crippen LogP contribution is 2.35. The summed E-state index contributed by atoms with van der Waals surface area (Å²) in [5, 5.41) is 4.55. The lowest BCUT2D eigenvalue weighted by molar-refractivity contribution is -0.144. The molecule has 3 rings (SSSR count). The van der Waals surface area contributed by atoms with Gasteiger partial charge in [0.15, 0.2) is 5.65 Å². The molecule has 5 nitrogen and oxygen atoms in total. The lowest BCUT2D eigenvalue weighted by Crippen LogP contribution is -2.19. The molecule has 0 unspecified atom stereocenters. The molecule has 0 aliphatic heterocycles. The predicted molar refractivity (Wildman–Crippen MR) is 91.3 cm³/mol. The minimum Gasteiger partial charge on any atom is -0.302 e. The molecule has 132 valence electrons. The summed E-state index contributed by atoms with van der Waals surface area (Å²) >= 11 is 19.2. The molecule has 0 aliphatic carbocycles. The Labute approximate surface area is 157 Å². The summed E-state index contributed by atoms with van der Waals surface area (Å²) in [4.78, 5) is 17.4. The zero-order valence-corrected chi connectivity index (χ0v) is 15.2. The van der Waals surface area contributed by atoms with Gasteiger partial charge in [0, 0.05) is 5.02 Å². The Balaban J connectivity index is 2.44. The Bertz CT molecular complexity index is 1020. The van der Waals surface area contributed by atoms with E-state index in [1.165, 1.54) is 12.1 Å². The van der Waals surface area contributed by atoms with E-state index in [-0.39, 0.29) is 36.8 Å². The van der Waals surface area contributed by atoms with Crippen molar-refractivity contribution in [2.75, 3.05) is 6.26 Å². The van der Waals surface area contributed by atoms with Crippen LogP contribution in [0.1, 0.15) is 5.82 Å². The van der Waals surface area contributed by atoms with Crippen molar-refractivity contribution >= 4 is 57.6 Å². The standard InChI is InChI=1S/C13H6Cl3F3N4OS/c1-25-11-7-9(20-12(13(17,18)19)21-10(7)24)23(22-11)8-5(15)2-4(14)3-6(8)16/h2-3H,1H3,(H,20,21,24). The molecule has 0 bridgehead atoms. The number of aromatic amines is 1. The molecule has 0 amide bonds. The van der Waals surface area contributed by atoms with Crippen LogP contribution in [-0.2, 0) is 6.18 Å². The number of rotatable bonds is 2. The molecule has 0 radical (unpaired) electrons. The van der Waals surface area contributed by atoms with Gasteiger partial charge in [-0.15, -0.1) is 11.8 Å². The third kappa shape index (κ3) is 3.21. The minimum absolute atomic E-state index is 0.0465. The van der Waals surface area contributed by atoms with Crippen molar-refractivity contribution in [1.29, 1.82) is 0 Å². The van der Waals surface area contributed by atoms with Crippen LogP contribution in [-0.4, -0.2) is 26.0 Å². The molecule has 1 N–H and O–H groups in total. The average molecular weight is 430 g/mol. The van der Waals surface area contributed by atoms with Crippen LogP contribution >= 0.6 is 46.6 Å². The van der Waals surface area contributed by atoms with E-state index in [0.717, 1.165) is 16.4 Å². The molecule has 0 fully saturated rings. The Morgan fingerprint density at radius 2 is 1.80 bits per heavy atom. The number of nitrogens with zero attached hydrogens (tertiary/aromatic N) is 3. The van der Waals surface area contributed by atoms with Gasteiger partial charge in [-0.05, 0) is 18.4 Å². The van der Waals surface area contributed by atoms with Gasteiger partial charge in [-0.2, -0.15) is 18.3 Å². The molecule has 0 aliphatic rings. The highest BCUT2D eigenvalue weighted by atomic mass is 35.5. The summed E-state index contributed by atoms with van der Waals surface area (Å²) < 4.78 is 40.0. The molecular weight excluding hydrogens is 424 g/mol. The Morgan fingerprint density at radius 1 is 1.20 bits per heavy atom. The molecule has 1 aromatic carbocycles. The number of fused-ring (bicyclic) bond motifs is 1. The van der Waals surface area contributed by atoms with E-state index in [2.05, 4.69) is 10.1 Å². The van der Waals surface area contributed by atoms with Crippen molar-refractivity contribution in [3.63, 3.8) is 0 Å². The van der Waals surface area contributed by atoms with Crippen molar-refractivity contribution in [2.24, 2.45) is 0 Å². The Hall–Kier alpha value is -1.42. The molecule has 0 saturated heterocycles. The number of halogens is 6. The smallest absolute Gasteiger partial charge is 0.302 e. The zero-order valence-electron chi connectivity index (χ0n) is 12.1. The Morgan fingerprint density at radius 3 is 2.32 bits per heavy atom. The van der Waals surface area contributed by atoms with Crippen molar-refractivity contribution in [2.45, 2.75) is 11.2 Å². The second-order valence-electron chi connectivity index (χ2n) is 4.75. The number of benzene rings is 1. The van der Waals surface area contributed by atoms with E-state index in [1.54, 1.807) is 11.2 Å². The van der Waals surface area contributed by atoms with Crippen LogP contribution in [0, 0.1) is 0 Å². The quantitative estimate of drug-likeness (QED) is 0.594. The van der Waals surface area contributed by atoms with Crippen LogP contribution in [0.5, 0.6) is 0 Å². The Kier molecular flexibility index (Phi) is 4.69. The number of hydrogen-bond donors (Lipinski definition) is 1. The maximum absolute atomic E-state index is 13.0. The van der Waals surface area contributed by atoms with E-state index in [1.807, 2.05) is 0 Å². The van der Waals surface area contributed by atoms with E-state index in [0.29, 0.717) is 0 Å². The van der Waals surface area contributed by atoms with Gasteiger partial charge in [-0.25, -0.2) is 9.67 Å². The van der Waals surface area contributed by atoms with E-state index < -0.39 is 17.6 Å². The van der Waals surface area contributed by atoms with E-state index in [9.17, 15) is 18.0 Å². The number of nitrogens with one attached hydrogen (secondary N) is 1. The summed E-state index contributed by atoms with van der Waals surface area (Å²) in [7, 11) is 0. The first-order chi connectivity index (χ1) is 11.6. The van der Waals surface area contributed by atoms with Gasteiger partial charge < -0.3 is 4.98 Å². The van der Waals surface area contributed by atoms with E-state index >= 15 is 0 Å². The first kappa shape index (κ1) is 18.4. The minimum atomic E-state index is -4.84. The number of aromatic nitrogens is 4. The molecule has 25 heavy (non-hydrogen) atoms. The molecular formula is C13H6Cl3F3N4OS. The van der Waals surface area contributed by atoms with Crippen molar-refractivity contribution in [1.82, 2.24) is 19.7 Å². The molecule has 3 aromatic rings. The van der Waals surface area contributed by atoms with Gasteiger partial charge in [0.05, 0.1) is 10.0 Å². The van der Waals surface area contributed by atoms with Gasteiger partial charge in [0.2, 0.25) is 5.82 Å². The first-order valence-corrected chi connectivity index (χ1v) is 8.78. The van der Waals surface area contributed by atoms with Crippen molar-refractivity contribution in [3.8, 4) is 5.69 Å². The van der Waals surface area contributed by atoms with Crippen LogP contribution in [0.15, 0.2) is 22.0 Å². The highest BCUT2D eigenvalue weighted by Gasteiger charge is 2.35. The van der Waals surface area contributed by atoms with Gasteiger partial charge >= 0.3 is 6.18 Å². The van der Waals surface area contributed by atoms with Gasteiger partial charge in [0.25, 0.3) is 5.56 Å². The fraction of sp³-hybridized carbons (Fsp3) is 0.154. The van der Waals surface area contributed by atoms with Crippen LogP contribution in [0.25, 0.3) is 16.7 Å². The van der Waals surface area contributed by atoms with Gasteiger partial charge in [-0.1, -0.05) is 34.8 Å². The van der Waals surface area contributed by atoms with Crippen molar-refractivity contribution < 1.29 is 13.2 Å². The largest absolute Gasteiger partial charge is 0.449 e. The normalized spacial score (nSPS) is 12.1. The summed E-state index contributed by atoms with van der Waals surface area (Å²) in [6.45, 7) is 0. The zero-order chi connectivity index (χ0) is 18.5. The molecule has 2 aromatic heterocycles. The SMILES string of the molecule is CSc1nn(-c2c(Cl)cc(Cl)cc2Cl)c2nc(C(F)(F)F)[nH]c(=O)c12. The lowest BCUT2D eigenvalue weighted by atomic mass is 10.3. The number of alkyl halides is 3. The van der Waals surface area contributed by atoms with Gasteiger partial charge in [0.1, 0.15) is 16.1 Å². The van der Waals surface area contributed by atoms with Crippen LogP contribution in [0.2, 0.25) is 15.1 Å². The van der Waals surface area contributed by atoms with Gasteiger partial charge in [-0.3, -0.25) is 4.79 Å². The number of H-pyrrole nitrogens is 1. The fourth-order valence-electron chi connectivity index (χ4n) is 2.17. The van der Waals surface area contributed by atoms with E-state index in [4.69, 9.17) is 34.8 Å². The summed E-state index contributed by atoms with van der Waals surface area (Å²) in [5.41, 5.74) is -1.20. The second kappa shape index (κ2) is 6.39. The molecule has 2 heterocycles. The van der Waals surface area contributed by atoms with Crippen LogP contribution in [0.4, 0.5) is 13.2 Å². The van der Waals surface area contributed by atoms with Crippen LogP contribution < -0.4 is 5.56 Å². The lowest BCUT2D eigenvalue weighted by Gasteiger charge is -2.09. The van der Waals surface area contributed by atoms with Crippen LogP contribution in [0.3, 0.4) is 0 Å². The molecule has 0 saturated carbocycles. The van der Waals surface area contributed by atoms with Crippen molar-refractivity contribution in [3.05, 3.63) is 43.4 Å². The highest BCUT2D eigenvalue weighted by molar-refractivity contribution is 7.98. The predicted octanol–water partition coefficient (Wildman–Crippen LogP) is 4.81. The number of hydrogen-bond acceptors (Lipinski definition) is 4. The topological polar surface area (TPSA) is 63.6 Å². The maximum atomic E-state index is 13.0. The molecule has 12 heteroatoms. The fourth-order valence-corrected chi connectivity index (χ4v) is 3.69. The monoisotopic (exact) mass is 428 g/mol. The summed E-state index contributed by atoms with van der Waals surface area (Å²) in [6, 6.07) is 2.71. The summed E-state index contributed by atoms with van der Waals surface area (Å²) in [6.07, 6.45) is -3.22. The molecule has 0 spiro atoms. The first-order valence-electron chi connectivity index (χ1n) is 6.42. The maximum Gasteiger partial charge on any atom is 0.449 e. The average Bonchev–Trinajstić information content (AvgIpc) is 2.84. The third-order valence-corrected chi connectivity index (χ3v) is 4.63. The number of thioether (sulfide) groups is 1. The third-order valence-electron chi connectivity index (χ3n) is 3.16. The second-order valence-corrected chi connectivity index (χ2v) is 6.80.